The zero-order chi connectivity index (χ0) is 13.9. The molecule has 0 N–H and O–H groups in total. The van der Waals surface area contributed by atoms with E-state index < -0.39 is 0 Å². The van der Waals surface area contributed by atoms with E-state index in [1.54, 1.807) is 11.3 Å². The molecule has 1 heterocycles. The van der Waals surface area contributed by atoms with E-state index in [-0.39, 0.29) is 0 Å². The average molecular weight is 280 g/mol. The SMILES string of the molecule is C[C@H]1CCc2nc(C(C#N)=Cc3ccccc3)sc2C1. The number of hydrogen-bond acceptors (Lipinski definition) is 3. The predicted octanol–water partition coefficient (Wildman–Crippen LogP) is 4.33. The van der Waals surface area contributed by atoms with Crippen molar-refractivity contribution in [2.75, 3.05) is 0 Å². The highest BCUT2D eigenvalue weighted by Gasteiger charge is 2.20. The van der Waals surface area contributed by atoms with Crippen LogP contribution in [0.3, 0.4) is 0 Å². The van der Waals surface area contributed by atoms with Crippen LogP contribution in [0.25, 0.3) is 11.6 Å². The van der Waals surface area contributed by atoms with Crippen LogP contribution in [0.1, 0.15) is 34.5 Å². The van der Waals surface area contributed by atoms with E-state index in [0.717, 1.165) is 29.3 Å². The van der Waals surface area contributed by atoms with Crippen LogP contribution in [0.5, 0.6) is 0 Å². The number of allylic oxidation sites excluding steroid dienone is 1. The summed E-state index contributed by atoms with van der Waals surface area (Å²) in [5.74, 6) is 0.736. The Morgan fingerprint density at radius 3 is 2.95 bits per heavy atom. The summed E-state index contributed by atoms with van der Waals surface area (Å²) in [7, 11) is 0. The van der Waals surface area contributed by atoms with E-state index in [9.17, 15) is 5.26 Å². The number of benzene rings is 1. The van der Waals surface area contributed by atoms with Gasteiger partial charge >= 0.3 is 0 Å². The maximum absolute atomic E-state index is 9.40. The number of thiazole rings is 1. The van der Waals surface area contributed by atoms with E-state index in [0.29, 0.717) is 5.57 Å². The maximum Gasteiger partial charge on any atom is 0.134 e. The van der Waals surface area contributed by atoms with Gasteiger partial charge in [-0.1, -0.05) is 37.3 Å². The molecular weight excluding hydrogens is 264 g/mol. The van der Waals surface area contributed by atoms with Crippen molar-refractivity contribution >= 4 is 23.0 Å². The third-order valence-corrected chi connectivity index (χ3v) is 4.80. The van der Waals surface area contributed by atoms with Crippen molar-refractivity contribution in [3.63, 3.8) is 0 Å². The monoisotopic (exact) mass is 280 g/mol. The van der Waals surface area contributed by atoms with Crippen LogP contribution in [0.2, 0.25) is 0 Å². The molecule has 100 valence electrons. The van der Waals surface area contributed by atoms with Crippen LogP contribution in [0, 0.1) is 17.2 Å². The summed E-state index contributed by atoms with van der Waals surface area (Å²) >= 11 is 1.69. The summed E-state index contributed by atoms with van der Waals surface area (Å²) in [6.07, 6.45) is 5.29. The molecule has 0 radical (unpaired) electrons. The Bertz CT molecular complexity index is 677. The maximum atomic E-state index is 9.40. The molecule has 0 unspecified atom stereocenters. The second-order valence-electron chi connectivity index (χ2n) is 5.32. The normalized spacial score (nSPS) is 18.4. The minimum absolute atomic E-state index is 0.670. The van der Waals surface area contributed by atoms with Crippen molar-refractivity contribution in [3.05, 3.63) is 51.5 Å². The van der Waals surface area contributed by atoms with Crippen LogP contribution in [0.4, 0.5) is 0 Å². The third-order valence-electron chi connectivity index (χ3n) is 3.65. The summed E-state index contributed by atoms with van der Waals surface area (Å²) in [4.78, 5) is 6.05. The highest BCUT2D eigenvalue weighted by atomic mass is 32.1. The number of rotatable bonds is 2. The van der Waals surface area contributed by atoms with Crippen molar-refractivity contribution in [1.82, 2.24) is 4.98 Å². The van der Waals surface area contributed by atoms with Gasteiger partial charge in [0.25, 0.3) is 0 Å². The molecule has 1 aromatic carbocycles. The molecule has 2 nitrogen and oxygen atoms in total. The Hall–Kier alpha value is -1.92. The summed E-state index contributed by atoms with van der Waals surface area (Å²) in [5.41, 5.74) is 2.92. The van der Waals surface area contributed by atoms with Gasteiger partial charge in [0.1, 0.15) is 11.1 Å². The Kier molecular flexibility index (Phi) is 3.66. The first-order valence-corrected chi connectivity index (χ1v) is 7.73. The lowest BCUT2D eigenvalue weighted by Crippen LogP contribution is -2.09. The molecule has 0 bridgehead atoms. The first-order chi connectivity index (χ1) is 9.76. The molecule has 1 aromatic heterocycles. The molecule has 0 amide bonds. The number of aryl methyl sites for hydroxylation is 1. The first kappa shape index (κ1) is 13.1. The van der Waals surface area contributed by atoms with Crippen LogP contribution < -0.4 is 0 Å². The van der Waals surface area contributed by atoms with Crippen LogP contribution >= 0.6 is 11.3 Å². The lowest BCUT2D eigenvalue weighted by atomic mass is 9.93. The van der Waals surface area contributed by atoms with Crippen molar-refractivity contribution in [3.8, 4) is 6.07 Å². The van der Waals surface area contributed by atoms with E-state index in [1.807, 2.05) is 36.4 Å². The highest BCUT2D eigenvalue weighted by molar-refractivity contribution is 7.13. The molecule has 1 aliphatic carbocycles. The van der Waals surface area contributed by atoms with E-state index >= 15 is 0 Å². The average Bonchev–Trinajstić information content (AvgIpc) is 2.88. The van der Waals surface area contributed by atoms with Gasteiger partial charge in [-0.3, -0.25) is 0 Å². The van der Waals surface area contributed by atoms with Crippen molar-refractivity contribution < 1.29 is 0 Å². The van der Waals surface area contributed by atoms with Gasteiger partial charge in [0.15, 0.2) is 0 Å². The van der Waals surface area contributed by atoms with E-state index in [4.69, 9.17) is 0 Å². The number of fused-ring (bicyclic) bond motifs is 1. The van der Waals surface area contributed by atoms with Crippen molar-refractivity contribution in [1.29, 1.82) is 5.26 Å². The highest BCUT2D eigenvalue weighted by Crippen LogP contribution is 2.32. The molecule has 0 saturated heterocycles. The quantitative estimate of drug-likeness (QED) is 0.768. The van der Waals surface area contributed by atoms with Crippen molar-refractivity contribution in [2.24, 2.45) is 5.92 Å². The molecule has 20 heavy (non-hydrogen) atoms. The van der Waals surface area contributed by atoms with Gasteiger partial charge in [0.2, 0.25) is 0 Å². The molecule has 1 aliphatic rings. The second kappa shape index (κ2) is 5.60. The summed E-state index contributed by atoms with van der Waals surface area (Å²) in [5, 5.41) is 10.3. The molecular formula is C17H16N2S. The predicted molar refractivity (Wildman–Crippen MR) is 83.2 cm³/mol. The fraction of sp³-hybridized carbons (Fsp3) is 0.294. The standard InChI is InChI=1S/C17H16N2S/c1-12-7-8-15-16(9-12)20-17(19-15)14(11-18)10-13-5-3-2-4-6-13/h2-6,10,12H,7-9H2,1H3/t12-/m0/s1. The molecule has 0 spiro atoms. The summed E-state index contributed by atoms with van der Waals surface area (Å²) in [6.45, 7) is 2.29. The number of hydrogen-bond donors (Lipinski definition) is 0. The van der Waals surface area contributed by atoms with Crippen molar-refractivity contribution in [2.45, 2.75) is 26.2 Å². The second-order valence-corrected chi connectivity index (χ2v) is 6.40. The molecule has 3 heteroatoms. The van der Waals surface area contributed by atoms with Gasteiger partial charge in [-0.2, -0.15) is 5.26 Å². The van der Waals surface area contributed by atoms with Crippen LogP contribution in [-0.2, 0) is 12.8 Å². The number of aromatic nitrogens is 1. The molecule has 0 saturated carbocycles. The largest absolute Gasteiger partial charge is 0.240 e. The smallest absolute Gasteiger partial charge is 0.134 e. The third kappa shape index (κ3) is 2.66. The minimum Gasteiger partial charge on any atom is -0.240 e. The van der Waals surface area contributed by atoms with Gasteiger partial charge in [-0.15, -0.1) is 11.3 Å². The molecule has 0 fully saturated rings. The van der Waals surface area contributed by atoms with Gasteiger partial charge in [0.05, 0.1) is 11.3 Å². The van der Waals surface area contributed by atoms with Gasteiger partial charge in [0, 0.05) is 4.88 Å². The number of nitriles is 1. The molecule has 0 aliphatic heterocycles. The Labute approximate surface area is 123 Å². The Morgan fingerprint density at radius 1 is 1.40 bits per heavy atom. The van der Waals surface area contributed by atoms with Crippen LogP contribution in [0.15, 0.2) is 30.3 Å². The zero-order valence-electron chi connectivity index (χ0n) is 11.5. The van der Waals surface area contributed by atoms with Crippen LogP contribution in [-0.4, -0.2) is 4.98 Å². The topological polar surface area (TPSA) is 36.7 Å². The lowest BCUT2D eigenvalue weighted by Gasteiger charge is -2.15. The Balaban J connectivity index is 1.95. The molecule has 1 atom stereocenters. The van der Waals surface area contributed by atoms with Gasteiger partial charge in [-0.25, -0.2) is 4.98 Å². The molecule has 2 aromatic rings. The van der Waals surface area contributed by atoms with Gasteiger partial charge < -0.3 is 0 Å². The summed E-state index contributed by atoms with van der Waals surface area (Å²) < 4.78 is 0. The fourth-order valence-corrected chi connectivity index (χ4v) is 3.75. The molecule has 3 rings (SSSR count). The fourth-order valence-electron chi connectivity index (χ4n) is 2.51. The first-order valence-electron chi connectivity index (χ1n) is 6.92. The zero-order valence-corrected chi connectivity index (χ0v) is 12.3. The van der Waals surface area contributed by atoms with E-state index in [1.165, 1.54) is 17.0 Å². The minimum atomic E-state index is 0.670. The van der Waals surface area contributed by atoms with E-state index in [2.05, 4.69) is 18.0 Å². The van der Waals surface area contributed by atoms with Gasteiger partial charge in [-0.05, 0) is 36.8 Å². The summed E-state index contributed by atoms with van der Waals surface area (Å²) in [6, 6.07) is 12.3. The number of nitrogens with zero attached hydrogens (tertiary/aromatic N) is 2. The Morgan fingerprint density at radius 2 is 2.20 bits per heavy atom. The lowest BCUT2D eigenvalue weighted by molar-refractivity contribution is 0.502.